The molecule has 3 rings (SSSR count). The molecule has 3 aliphatic rings. The first-order valence-corrected chi connectivity index (χ1v) is 12.1. The molecule has 3 aliphatic carbocycles. The summed E-state index contributed by atoms with van der Waals surface area (Å²) in [6, 6.07) is 0. The minimum atomic E-state index is -0.535. The smallest absolute Gasteiger partial charge is 0.0591 e. The van der Waals surface area contributed by atoms with Gasteiger partial charge in [-0.1, -0.05) is 56.6 Å². The molecule has 0 heterocycles. The Hall–Kier alpha value is -0.860. The zero-order valence-corrected chi connectivity index (χ0v) is 19.3. The monoisotopic (exact) mass is 400 g/mol. The van der Waals surface area contributed by atoms with Crippen LogP contribution in [0.3, 0.4) is 0 Å². The molecule has 3 fully saturated rings. The van der Waals surface area contributed by atoms with Crippen LogP contribution in [0, 0.1) is 23.2 Å². The highest BCUT2D eigenvalue weighted by molar-refractivity contribution is 5.36. The van der Waals surface area contributed by atoms with E-state index in [0.29, 0.717) is 5.41 Å². The molecular formula is C27H44O2. The van der Waals surface area contributed by atoms with Gasteiger partial charge in [-0.05, 0) is 100 Å². The van der Waals surface area contributed by atoms with Crippen LogP contribution in [0.1, 0.15) is 98.3 Å². The standard InChI is InChI=1S/C27H44O2/c1-19-10-13-23(28)18-22(19)12-11-21-9-7-17-27(5)24(14-15-25(21)27)20(2)8-6-16-26(3,4)29/h11-12,20,23-25,28-29H,1,6-10,13-18H2,2-5H3/t20?,23?,24-,25-,27+/m0/s1. The van der Waals surface area contributed by atoms with Crippen LogP contribution >= 0.6 is 0 Å². The Kier molecular flexibility index (Phi) is 7.16. The maximum absolute atomic E-state index is 10.0. The third-order valence-corrected chi connectivity index (χ3v) is 8.36. The Morgan fingerprint density at radius 1 is 1.21 bits per heavy atom. The van der Waals surface area contributed by atoms with Crippen molar-refractivity contribution in [1.82, 2.24) is 0 Å². The van der Waals surface area contributed by atoms with Crippen molar-refractivity contribution in [3.8, 4) is 0 Å². The Balaban J connectivity index is 1.68. The van der Waals surface area contributed by atoms with E-state index in [1.165, 1.54) is 49.7 Å². The predicted molar refractivity (Wildman–Crippen MR) is 123 cm³/mol. The highest BCUT2D eigenvalue weighted by Crippen LogP contribution is 2.60. The second-order valence-corrected chi connectivity index (χ2v) is 11.2. The number of aliphatic hydroxyl groups is 2. The van der Waals surface area contributed by atoms with Crippen molar-refractivity contribution < 1.29 is 10.2 Å². The molecule has 0 saturated heterocycles. The van der Waals surface area contributed by atoms with E-state index in [9.17, 15) is 10.2 Å². The molecular weight excluding hydrogens is 356 g/mol. The molecule has 0 aromatic heterocycles. The molecule has 2 N–H and O–H groups in total. The number of allylic oxidation sites excluding steroid dienone is 4. The SMILES string of the molecule is C=C1CCC(O)CC1=CC=C1CCC[C@@]2(C)[C@H]1CC[C@H]2C(C)CCCC(C)(C)O. The summed E-state index contributed by atoms with van der Waals surface area (Å²) in [6.07, 6.45) is 16.9. The first kappa shape index (κ1) is 22.8. The lowest BCUT2D eigenvalue weighted by molar-refractivity contribution is 0.0596. The minimum Gasteiger partial charge on any atom is -0.393 e. The van der Waals surface area contributed by atoms with Crippen molar-refractivity contribution in [1.29, 1.82) is 0 Å². The number of fused-ring (bicyclic) bond motifs is 1. The lowest BCUT2D eigenvalue weighted by Gasteiger charge is -2.44. The van der Waals surface area contributed by atoms with Crippen molar-refractivity contribution >= 4 is 0 Å². The molecule has 2 heteroatoms. The summed E-state index contributed by atoms with van der Waals surface area (Å²) in [5.74, 6) is 2.26. The molecule has 0 aromatic carbocycles. The van der Waals surface area contributed by atoms with E-state index in [2.05, 4.69) is 32.6 Å². The molecule has 0 radical (unpaired) electrons. The summed E-state index contributed by atoms with van der Waals surface area (Å²) < 4.78 is 0. The molecule has 2 unspecified atom stereocenters. The van der Waals surface area contributed by atoms with Gasteiger partial charge in [-0.15, -0.1) is 0 Å². The summed E-state index contributed by atoms with van der Waals surface area (Å²) in [5.41, 5.74) is 4.02. The largest absolute Gasteiger partial charge is 0.393 e. The Bertz CT molecular complexity index is 650. The fourth-order valence-electron chi connectivity index (χ4n) is 6.67. The van der Waals surface area contributed by atoms with Gasteiger partial charge in [-0.2, -0.15) is 0 Å². The van der Waals surface area contributed by atoms with E-state index in [1.807, 2.05) is 13.8 Å². The average Bonchev–Trinajstić information content (AvgIpc) is 2.99. The van der Waals surface area contributed by atoms with Crippen molar-refractivity contribution in [2.75, 3.05) is 0 Å². The van der Waals surface area contributed by atoms with Crippen LogP contribution < -0.4 is 0 Å². The van der Waals surface area contributed by atoms with Crippen molar-refractivity contribution in [2.24, 2.45) is 23.2 Å². The summed E-state index contributed by atoms with van der Waals surface area (Å²) in [5, 5.41) is 20.1. The number of hydrogen-bond acceptors (Lipinski definition) is 2. The van der Waals surface area contributed by atoms with Gasteiger partial charge in [0, 0.05) is 0 Å². The van der Waals surface area contributed by atoms with Crippen LogP contribution in [0.25, 0.3) is 0 Å². The molecule has 164 valence electrons. The molecule has 0 spiro atoms. The number of aliphatic hydroxyl groups excluding tert-OH is 1. The zero-order valence-electron chi connectivity index (χ0n) is 19.3. The van der Waals surface area contributed by atoms with Gasteiger partial charge >= 0.3 is 0 Å². The maximum Gasteiger partial charge on any atom is 0.0591 e. The van der Waals surface area contributed by atoms with Gasteiger partial charge in [0.2, 0.25) is 0 Å². The van der Waals surface area contributed by atoms with Gasteiger partial charge in [0.25, 0.3) is 0 Å². The molecule has 0 aromatic rings. The second kappa shape index (κ2) is 9.10. The van der Waals surface area contributed by atoms with Gasteiger partial charge in [-0.25, -0.2) is 0 Å². The van der Waals surface area contributed by atoms with Crippen LogP contribution in [0.15, 0.2) is 35.5 Å². The maximum atomic E-state index is 10.0. The highest BCUT2D eigenvalue weighted by atomic mass is 16.3. The highest BCUT2D eigenvalue weighted by Gasteiger charge is 2.50. The lowest BCUT2D eigenvalue weighted by Crippen LogP contribution is -2.36. The Morgan fingerprint density at radius 2 is 1.97 bits per heavy atom. The van der Waals surface area contributed by atoms with Crippen LogP contribution in [0.4, 0.5) is 0 Å². The van der Waals surface area contributed by atoms with Crippen LogP contribution in [0.5, 0.6) is 0 Å². The van der Waals surface area contributed by atoms with Crippen LogP contribution in [-0.4, -0.2) is 21.9 Å². The first-order valence-electron chi connectivity index (χ1n) is 12.1. The van der Waals surface area contributed by atoms with Gasteiger partial charge in [0.05, 0.1) is 11.7 Å². The molecule has 0 bridgehead atoms. The summed E-state index contributed by atoms with van der Waals surface area (Å²) in [4.78, 5) is 0. The topological polar surface area (TPSA) is 40.5 Å². The normalized spacial score (nSPS) is 37.2. The lowest BCUT2D eigenvalue weighted by atomic mass is 9.60. The van der Waals surface area contributed by atoms with E-state index in [0.717, 1.165) is 49.9 Å². The molecule has 0 amide bonds. The second-order valence-electron chi connectivity index (χ2n) is 11.2. The van der Waals surface area contributed by atoms with E-state index in [4.69, 9.17) is 0 Å². The van der Waals surface area contributed by atoms with Crippen molar-refractivity contribution in [3.05, 3.63) is 35.5 Å². The van der Waals surface area contributed by atoms with Crippen LogP contribution in [0.2, 0.25) is 0 Å². The fraction of sp³-hybridized carbons (Fsp3) is 0.778. The predicted octanol–water partition coefficient (Wildman–Crippen LogP) is 6.73. The molecule has 29 heavy (non-hydrogen) atoms. The van der Waals surface area contributed by atoms with Gasteiger partial charge in [0.1, 0.15) is 0 Å². The van der Waals surface area contributed by atoms with E-state index >= 15 is 0 Å². The first-order chi connectivity index (χ1) is 13.6. The molecule has 0 aliphatic heterocycles. The summed E-state index contributed by atoms with van der Waals surface area (Å²) in [7, 11) is 0. The van der Waals surface area contributed by atoms with Gasteiger partial charge in [-0.3, -0.25) is 0 Å². The number of hydrogen-bond donors (Lipinski definition) is 2. The Morgan fingerprint density at radius 3 is 2.69 bits per heavy atom. The van der Waals surface area contributed by atoms with E-state index in [-0.39, 0.29) is 6.10 Å². The van der Waals surface area contributed by atoms with Gasteiger partial charge in [0.15, 0.2) is 0 Å². The molecule has 2 nitrogen and oxygen atoms in total. The quantitative estimate of drug-likeness (QED) is 0.518. The number of rotatable bonds is 6. The summed E-state index contributed by atoms with van der Waals surface area (Å²) >= 11 is 0. The van der Waals surface area contributed by atoms with E-state index in [1.54, 1.807) is 5.57 Å². The third kappa shape index (κ3) is 5.44. The van der Waals surface area contributed by atoms with Crippen molar-refractivity contribution in [3.63, 3.8) is 0 Å². The van der Waals surface area contributed by atoms with Gasteiger partial charge < -0.3 is 10.2 Å². The Labute approximate surface area is 179 Å². The van der Waals surface area contributed by atoms with E-state index < -0.39 is 5.60 Å². The average molecular weight is 401 g/mol. The summed E-state index contributed by atoms with van der Waals surface area (Å²) in [6.45, 7) is 13.1. The van der Waals surface area contributed by atoms with Crippen molar-refractivity contribution in [2.45, 2.75) is 110 Å². The zero-order chi connectivity index (χ0) is 21.2. The minimum absolute atomic E-state index is 0.192. The third-order valence-electron chi connectivity index (χ3n) is 8.36. The molecule has 5 atom stereocenters. The van der Waals surface area contributed by atoms with Crippen LogP contribution in [-0.2, 0) is 0 Å². The molecule has 3 saturated carbocycles. The fourth-order valence-corrected chi connectivity index (χ4v) is 6.67.